The van der Waals surface area contributed by atoms with Crippen LogP contribution in [-0.2, 0) is 33.9 Å². The number of hydrogen-bond acceptors (Lipinski definition) is 8. The van der Waals surface area contributed by atoms with Crippen molar-refractivity contribution in [3.63, 3.8) is 0 Å². The molecule has 55 heavy (non-hydrogen) atoms. The largest absolute Gasteiger partial charge is 0.460 e. The molecule has 2 N–H and O–H groups in total. The summed E-state index contributed by atoms with van der Waals surface area (Å²) in [7, 11) is -3.82. The number of nitrogens with one attached hydrogen (secondary N) is 1. The summed E-state index contributed by atoms with van der Waals surface area (Å²) in [5, 5.41) is 10.4. The lowest BCUT2D eigenvalue weighted by Gasteiger charge is -2.29. The number of fused-ring (bicyclic) bond motifs is 2. The SMILES string of the molecule is C#CC#CC#CC#CC#CC#CC#CC#CC#C.CC(C)(C)OC(=O)C[C@H]1CCCCC/C=C\[C@@H]2C[C@@]2(C(=O)NS(C)(=O)=O)CC(=O)[C@@H]2C[C@@H](O)CN2C1=O. The zero-order valence-electron chi connectivity index (χ0n) is 31.4. The van der Waals surface area contributed by atoms with E-state index in [9.17, 15) is 32.7 Å². The van der Waals surface area contributed by atoms with Crippen molar-refractivity contribution in [2.24, 2.45) is 17.3 Å². The number of terminal acetylenes is 2. The molecule has 1 aliphatic carbocycles. The van der Waals surface area contributed by atoms with E-state index in [0.717, 1.165) is 25.5 Å². The highest BCUT2D eigenvalue weighted by Crippen LogP contribution is 2.57. The number of sulfonamides is 1. The first-order chi connectivity index (χ1) is 26.0. The molecule has 0 spiro atoms. The van der Waals surface area contributed by atoms with Crippen LogP contribution in [-0.4, -0.2) is 72.5 Å². The Bertz CT molecular complexity index is 2110. The van der Waals surface area contributed by atoms with Crippen LogP contribution >= 0.6 is 0 Å². The van der Waals surface area contributed by atoms with E-state index in [0.29, 0.717) is 19.3 Å². The molecule has 0 bridgehead atoms. The average molecular weight is 759 g/mol. The topological polar surface area (TPSA) is 147 Å². The first kappa shape index (κ1) is 44.9. The summed E-state index contributed by atoms with van der Waals surface area (Å²) in [4.78, 5) is 54.0. The maximum atomic E-state index is 13.6. The lowest BCUT2D eigenvalue weighted by molar-refractivity contribution is -0.159. The van der Waals surface area contributed by atoms with Crippen LogP contribution in [0.2, 0.25) is 0 Å². The summed E-state index contributed by atoms with van der Waals surface area (Å²) in [5.41, 5.74) is -1.90. The maximum Gasteiger partial charge on any atom is 0.307 e. The van der Waals surface area contributed by atoms with Crippen molar-refractivity contribution in [3.05, 3.63) is 12.2 Å². The summed E-state index contributed by atoms with van der Waals surface area (Å²) in [6.07, 6.45) is 17.2. The van der Waals surface area contributed by atoms with Gasteiger partial charge < -0.3 is 14.7 Å². The lowest BCUT2D eigenvalue weighted by Crippen LogP contribution is -2.46. The highest BCUT2D eigenvalue weighted by atomic mass is 32.2. The van der Waals surface area contributed by atoms with Crippen LogP contribution in [0.15, 0.2) is 12.2 Å². The number of rotatable bonds is 4. The van der Waals surface area contributed by atoms with Crippen LogP contribution in [0.1, 0.15) is 78.6 Å². The summed E-state index contributed by atoms with van der Waals surface area (Å²) in [6.45, 7) is 5.22. The van der Waals surface area contributed by atoms with Crippen molar-refractivity contribution < 1.29 is 37.4 Å². The van der Waals surface area contributed by atoms with E-state index in [4.69, 9.17) is 17.6 Å². The summed E-state index contributed by atoms with van der Waals surface area (Å²) < 4.78 is 31.0. The molecule has 0 aromatic heterocycles. The molecule has 282 valence electrons. The zero-order valence-corrected chi connectivity index (χ0v) is 32.2. The van der Waals surface area contributed by atoms with Gasteiger partial charge in [0, 0.05) is 25.3 Å². The van der Waals surface area contributed by atoms with Crippen LogP contribution in [0.4, 0.5) is 0 Å². The van der Waals surface area contributed by atoms with E-state index in [1.165, 1.54) is 4.90 Å². The first-order valence-corrected chi connectivity index (χ1v) is 19.3. The van der Waals surface area contributed by atoms with Crippen molar-refractivity contribution in [2.75, 3.05) is 12.8 Å². The fraction of sp³-hybridized carbons (Fsp3) is 0.455. The van der Waals surface area contributed by atoms with Gasteiger partial charge in [-0.1, -0.05) is 25.0 Å². The van der Waals surface area contributed by atoms with Gasteiger partial charge in [0.15, 0.2) is 5.78 Å². The molecule has 11 heteroatoms. The minimum Gasteiger partial charge on any atom is -0.460 e. The number of carbonyl (C=O) groups excluding carboxylic acids is 4. The van der Waals surface area contributed by atoms with Gasteiger partial charge in [-0.25, -0.2) is 8.42 Å². The Kier molecular flexibility index (Phi) is 18.0. The van der Waals surface area contributed by atoms with E-state index in [2.05, 4.69) is 94.7 Å². The van der Waals surface area contributed by atoms with Gasteiger partial charge >= 0.3 is 5.97 Å². The maximum absolute atomic E-state index is 13.6. The minimum atomic E-state index is -3.82. The summed E-state index contributed by atoms with van der Waals surface area (Å²) in [6, 6.07) is -0.943. The Balaban J connectivity index is 0.000000490. The molecule has 0 aromatic carbocycles. The number of allylic oxidation sites excluding steroid dienone is 2. The Labute approximate surface area is 325 Å². The quantitative estimate of drug-likeness (QED) is 0.252. The number of aliphatic hydroxyl groups excluding tert-OH is 1. The number of nitrogens with zero attached hydrogens (tertiary/aromatic N) is 1. The van der Waals surface area contributed by atoms with E-state index in [1.54, 1.807) is 20.8 Å². The van der Waals surface area contributed by atoms with Crippen molar-refractivity contribution in [1.29, 1.82) is 0 Å². The van der Waals surface area contributed by atoms with E-state index in [1.807, 2.05) is 16.9 Å². The number of aliphatic hydroxyl groups is 1. The predicted molar refractivity (Wildman–Crippen MR) is 208 cm³/mol. The molecule has 5 atom stereocenters. The van der Waals surface area contributed by atoms with Crippen molar-refractivity contribution in [3.8, 4) is 108 Å². The predicted octanol–water partition coefficient (Wildman–Crippen LogP) is 2.13. The monoisotopic (exact) mass is 758 g/mol. The van der Waals surface area contributed by atoms with Crippen molar-refractivity contribution in [2.45, 2.75) is 96.3 Å². The molecule has 1 saturated carbocycles. The van der Waals surface area contributed by atoms with Gasteiger partial charge in [0.2, 0.25) is 21.8 Å². The molecule has 3 aliphatic rings. The third kappa shape index (κ3) is 17.0. The summed E-state index contributed by atoms with van der Waals surface area (Å²) in [5.74, 6) is 35.3. The van der Waals surface area contributed by atoms with E-state index >= 15 is 0 Å². The normalized spacial score (nSPS) is 23.0. The average Bonchev–Trinajstić information content (AvgIpc) is 3.65. The van der Waals surface area contributed by atoms with E-state index < -0.39 is 56.8 Å². The highest BCUT2D eigenvalue weighted by molar-refractivity contribution is 7.89. The second-order valence-electron chi connectivity index (χ2n) is 13.8. The number of carbonyl (C=O) groups is 4. The molecule has 0 radical (unpaired) electrons. The molecule has 2 aliphatic heterocycles. The fourth-order valence-corrected chi connectivity index (χ4v) is 6.40. The second kappa shape index (κ2) is 22.1. The zero-order chi connectivity index (χ0) is 40.9. The van der Waals surface area contributed by atoms with E-state index in [-0.39, 0.29) is 37.6 Å². The molecular formula is C44H42N2O8S. The van der Waals surface area contributed by atoms with Gasteiger partial charge in [-0.15, -0.1) is 12.8 Å². The van der Waals surface area contributed by atoms with Crippen LogP contribution in [0.5, 0.6) is 0 Å². The first-order valence-electron chi connectivity index (χ1n) is 17.4. The molecule has 2 fully saturated rings. The van der Waals surface area contributed by atoms with Gasteiger partial charge in [0.05, 0.1) is 30.2 Å². The molecular weight excluding hydrogens is 717 g/mol. The molecule has 0 aromatic rings. The number of esters is 1. The Morgan fingerprint density at radius 3 is 1.93 bits per heavy atom. The van der Waals surface area contributed by atoms with Gasteiger partial charge in [-0.05, 0) is 147 Å². The smallest absolute Gasteiger partial charge is 0.307 e. The number of amides is 2. The van der Waals surface area contributed by atoms with Crippen LogP contribution in [0.3, 0.4) is 0 Å². The highest BCUT2D eigenvalue weighted by Gasteiger charge is 2.61. The standard InChI is InChI=1S/C26H40N2O8S.C18H2/c1-25(2,3)36-22(31)12-17-10-8-6-5-7-9-11-18-14-26(18,24(33)27-37(4,34)35)15-21(30)20-13-19(29)16-28(20)23(17)32;1-3-5-7-9-11-13-15-17-18-16-14-12-10-8-6-4-2/h9,11,17-20,29H,5-8,10,12-16H2,1-4H3,(H,27,33);1-2H/b11-9-;/t17-,18-,19-,20+,26-;/m1./s1. The third-order valence-electron chi connectivity index (χ3n) is 8.22. The molecule has 3 rings (SSSR count). The Morgan fingerprint density at radius 2 is 1.44 bits per heavy atom. The van der Waals surface area contributed by atoms with Crippen LogP contribution in [0.25, 0.3) is 0 Å². The molecule has 0 unspecified atom stereocenters. The van der Waals surface area contributed by atoms with Crippen LogP contribution in [0, 0.1) is 125 Å². The van der Waals surface area contributed by atoms with Gasteiger partial charge in [0.1, 0.15) is 5.60 Å². The van der Waals surface area contributed by atoms with Crippen molar-refractivity contribution in [1.82, 2.24) is 9.62 Å². The van der Waals surface area contributed by atoms with Crippen molar-refractivity contribution >= 4 is 33.6 Å². The number of hydrogen-bond donors (Lipinski definition) is 2. The second-order valence-corrected chi connectivity index (χ2v) is 15.5. The van der Waals surface area contributed by atoms with Gasteiger partial charge in [-0.3, -0.25) is 23.9 Å². The Hall–Kier alpha value is -6.23. The number of Topliss-reactive ketones (excluding diaryl/α,β-unsaturated/α-hetero) is 1. The molecule has 10 nitrogen and oxygen atoms in total. The van der Waals surface area contributed by atoms with Gasteiger partial charge in [-0.2, -0.15) is 0 Å². The Morgan fingerprint density at radius 1 is 0.909 bits per heavy atom. The molecule has 2 amide bonds. The number of ether oxygens (including phenoxy) is 1. The summed E-state index contributed by atoms with van der Waals surface area (Å²) >= 11 is 0. The van der Waals surface area contributed by atoms with Crippen LogP contribution < -0.4 is 4.72 Å². The van der Waals surface area contributed by atoms with Gasteiger partial charge in [0.25, 0.3) is 0 Å². The fourth-order valence-electron chi connectivity index (χ4n) is 5.86. The number of ketones is 1. The minimum absolute atomic E-state index is 0.0357. The third-order valence-corrected chi connectivity index (χ3v) is 8.77. The molecule has 2 heterocycles. The lowest BCUT2D eigenvalue weighted by atomic mass is 9.90. The molecule has 1 saturated heterocycles.